The molecule has 0 aliphatic carbocycles. The summed E-state index contributed by atoms with van der Waals surface area (Å²) in [7, 11) is 1.87. The molecule has 0 atom stereocenters. The van der Waals surface area contributed by atoms with Crippen LogP contribution >= 0.6 is 45.2 Å². The molecule has 0 saturated carbocycles. The van der Waals surface area contributed by atoms with Gasteiger partial charge in [0.05, 0.1) is 18.1 Å². The Hall–Kier alpha value is -0.710. The highest BCUT2D eigenvalue weighted by molar-refractivity contribution is 14.1. The van der Waals surface area contributed by atoms with Gasteiger partial charge in [-0.3, -0.25) is 14.7 Å². The van der Waals surface area contributed by atoms with Crippen LogP contribution in [0, 0.1) is 5.41 Å². The van der Waals surface area contributed by atoms with Gasteiger partial charge < -0.3 is 0 Å². The first kappa shape index (κ1) is 12.7. The Kier molecular flexibility index (Phi) is 3.97. The second-order valence-electron chi connectivity index (χ2n) is 3.33. The summed E-state index contributed by atoms with van der Waals surface area (Å²) < 4.78 is 5.93. The minimum Gasteiger partial charge on any atom is -0.297 e. The minimum absolute atomic E-state index is 0.409. The van der Waals surface area contributed by atoms with Crippen molar-refractivity contribution in [2.45, 2.75) is 0 Å². The highest BCUT2D eigenvalue weighted by atomic mass is 127. The molecule has 0 bridgehead atoms. The van der Waals surface area contributed by atoms with Crippen molar-refractivity contribution < 1.29 is 0 Å². The lowest BCUT2D eigenvalue weighted by atomic mass is 10.3. The van der Waals surface area contributed by atoms with Gasteiger partial charge in [0.15, 0.2) is 5.82 Å². The molecule has 0 unspecified atom stereocenters. The van der Waals surface area contributed by atoms with Gasteiger partial charge in [0.2, 0.25) is 0 Å². The molecule has 7 heteroatoms. The first-order valence-electron chi connectivity index (χ1n) is 4.71. The SMILES string of the molecule is Cn1cc(-c2cnc(C(=N)I)n2/C=C\I)cn1. The number of halogens is 2. The van der Waals surface area contributed by atoms with E-state index < -0.39 is 0 Å². The van der Waals surface area contributed by atoms with Crippen molar-refractivity contribution in [1.82, 2.24) is 19.3 Å². The Morgan fingerprint density at radius 3 is 2.76 bits per heavy atom. The molecule has 0 aliphatic heterocycles. The number of nitrogens with one attached hydrogen (secondary N) is 1. The molecule has 2 heterocycles. The number of nitrogens with zero attached hydrogens (tertiary/aromatic N) is 4. The molecule has 88 valence electrons. The van der Waals surface area contributed by atoms with Crippen LogP contribution in [0.15, 0.2) is 22.7 Å². The Labute approximate surface area is 126 Å². The summed E-state index contributed by atoms with van der Waals surface area (Å²) >= 11 is 4.10. The van der Waals surface area contributed by atoms with Crippen molar-refractivity contribution in [1.29, 1.82) is 5.41 Å². The molecule has 1 N–H and O–H groups in total. The van der Waals surface area contributed by atoms with Crippen LogP contribution in [0.3, 0.4) is 0 Å². The average molecular weight is 453 g/mol. The molecule has 5 nitrogen and oxygen atoms in total. The van der Waals surface area contributed by atoms with Gasteiger partial charge in [0.25, 0.3) is 0 Å². The number of aromatic nitrogens is 4. The highest BCUT2D eigenvalue weighted by Gasteiger charge is 2.13. The molecule has 2 aromatic heterocycles. The van der Waals surface area contributed by atoms with E-state index in [1.165, 1.54) is 0 Å². The highest BCUT2D eigenvalue weighted by Crippen LogP contribution is 2.22. The summed E-state index contributed by atoms with van der Waals surface area (Å²) in [6, 6.07) is 0. The fourth-order valence-corrected chi connectivity index (χ4v) is 2.22. The molecular formula is C10H9I2N5. The Morgan fingerprint density at radius 1 is 1.47 bits per heavy atom. The molecule has 0 aromatic carbocycles. The third-order valence-electron chi connectivity index (χ3n) is 2.20. The van der Waals surface area contributed by atoms with Crippen LogP contribution in [0.4, 0.5) is 0 Å². The number of aryl methyl sites for hydroxylation is 1. The molecule has 2 rings (SSSR count). The standard InChI is InChI=1S/C10H9I2N5/c1-16-6-7(4-15-16)8-5-14-10(9(12)13)17(8)3-2-11/h2-6,13H,1H3/b3-2-,13-9?. The Bertz CT molecular complexity index is 581. The second kappa shape index (κ2) is 5.29. The van der Waals surface area contributed by atoms with E-state index in [1.54, 1.807) is 17.1 Å². The summed E-state index contributed by atoms with van der Waals surface area (Å²) in [5.41, 5.74) is 1.92. The van der Waals surface area contributed by atoms with E-state index >= 15 is 0 Å². The molecule has 0 radical (unpaired) electrons. The van der Waals surface area contributed by atoms with Crippen molar-refractivity contribution >= 4 is 55.1 Å². The van der Waals surface area contributed by atoms with Crippen LogP contribution in [0.25, 0.3) is 17.5 Å². The average Bonchev–Trinajstić information content (AvgIpc) is 2.85. The van der Waals surface area contributed by atoms with Crippen LogP contribution in [0.2, 0.25) is 0 Å². The lowest BCUT2D eigenvalue weighted by Gasteiger charge is -2.03. The van der Waals surface area contributed by atoms with E-state index in [0.29, 0.717) is 9.54 Å². The van der Waals surface area contributed by atoms with Crippen molar-refractivity contribution in [3.8, 4) is 11.3 Å². The van der Waals surface area contributed by atoms with Gasteiger partial charge in [-0.1, -0.05) is 22.6 Å². The van der Waals surface area contributed by atoms with Gasteiger partial charge in [-0.2, -0.15) is 5.10 Å². The fraction of sp³-hybridized carbons (Fsp3) is 0.100. The molecule has 0 aliphatic rings. The summed E-state index contributed by atoms with van der Waals surface area (Å²) in [4.78, 5) is 4.26. The minimum atomic E-state index is 0.409. The molecule has 0 spiro atoms. The third kappa shape index (κ3) is 2.59. The van der Waals surface area contributed by atoms with E-state index in [2.05, 4.69) is 32.7 Å². The number of hydrogen-bond donors (Lipinski definition) is 1. The maximum absolute atomic E-state index is 7.68. The van der Waals surface area contributed by atoms with Gasteiger partial charge in [-0.15, -0.1) is 0 Å². The molecule has 2 aromatic rings. The van der Waals surface area contributed by atoms with Gasteiger partial charge >= 0.3 is 0 Å². The summed E-state index contributed by atoms with van der Waals surface area (Å²) in [6.07, 6.45) is 7.36. The van der Waals surface area contributed by atoms with E-state index in [9.17, 15) is 0 Å². The number of rotatable bonds is 3. The molecular weight excluding hydrogens is 444 g/mol. The van der Waals surface area contributed by atoms with Crippen molar-refractivity contribution in [3.63, 3.8) is 0 Å². The normalized spacial score (nSPS) is 11.2. The zero-order valence-electron chi connectivity index (χ0n) is 8.93. The first-order chi connectivity index (χ1) is 8.13. The van der Waals surface area contributed by atoms with Crippen LogP contribution in [-0.4, -0.2) is 23.0 Å². The largest absolute Gasteiger partial charge is 0.297 e. The van der Waals surface area contributed by atoms with Crippen LogP contribution in [0.5, 0.6) is 0 Å². The zero-order chi connectivity index (χ0) is 12.4. The molecule has 17 heavy (non-hydrogen) atoms. The Morgan fingerprint density at radius 2 is 2.24 bits per heavy atom. The smallest absolute Gasteiger partial charge is 0.168 e. The lowest BCUT2D eigenvalue weighted by molar-refractivity contribution is 0.768. The van der Waals surface area contributed by atoms with Crippen molar-refractivity contribution in [2.24, 2.45) is 7.05 Å². The summed E-state index contributed by atoms with van der Waals surface area (Å²) in [5.74, 6) is 0.636. The number of hydrogen-bond acceptors (Lipinski definition) is 3. The maximum atomic E-state index is 7.68. The molecule has 0 amide bonds. The van der Waals surface area contributed by atoms with Gasteiger partial charge in [-0.25, -0.2) is 4.98 Å². The van der Waals surface area contributed by atoms with Crippen LogP contribution in [0.1, 0.15) is 5.82 Å². The van der Waals surface area contributed by atoms with Crippen LogP contribution < -0.4 is 0 Å². The van der Waals surface area contributed by atoms with E-state index in [1.807, 2.05) is 50.7 Å². The second-order valence-corrected chi connectivity index (χ2v) is 5.13. The quantitative estimate of drug-likeness (QED) is 0.575. The van der Waals surface area contributed by atoms with Gasteiger partial charge in [-0.05, 0) is 26.7 Å². The first-order valence-corrected chi connectivity index (χ1v) is 7.03. The summed E-state index contributed by atoms with van der Waals surface area (Å²) in [6.45, 7) is 0. The molecule has 0 fully saturated rings. The van der Waals surface area contributed by atoms with Crippen molar-refractivity contribution in [2.75, 3.05) is 0 Å². The predicted octanol–water partition coefficient (Wildman–Crippen LogP) is 2.91. The molecule has 0 saturated heterocycles. The topological polar surface area (TPSA) is 59.5 Å². The zero-order valence-corrected chi connectivity index (χ0v) is 13.2. The maximum Gasteiger partial charge on any atom is 0.168 e. The van der Waals surface area contributed by atoms with Crippen LogP contribution in [-0.2, 0) is 7.05 Å². The van der Waals surface area contributed by atoms with Gasteiger partial charge in [0.1, 0.15) is 3.72 Å². The number of imidazole rings is 1. The summed E-state index contributed by atoms with van der Waals surface area (Å²) in [5, 5.41) is 11.8. The monoisotopic (exact) mass is 453 g/mol. The van der Waals surface area contributed by atoms with E-state index in [-0.39, 0.29) is 0 Å². The predicted molar refractivity (Wildman–Crippen MR) is 84.6 cm³/mol. The van der Waals surface area contributed by atoms with Gasteiger partial charge in [0, 0.05) is 25.0 Å². The third-order valence-corrected chi connectivity index (χ3v) is 3.00. The van der Waals surface area contributed by atoms with E-state index in [0.717, 1.165) is 11.3 Å². The van der Waals surface area contributed by atoms with Crippen molar-refractivity contribution in [3.05, 3.63) is 28.5 Å². The Balaban J connectivity index is 2.58. The lowest BCUT2D eigenvalue weighted by Crippen LogP contribution is -2.00. The van der Waals surface area contributed by atoms with E-state index in [4.69, 9.17) is 5.41 Å². The fourth-order valence-electron chi connectivity index (χ4n) is 1.50.